The molecule has 0 atom stereocenters. The molecule has 0 bridgehead atoms. The first-order chi connectivity index (χ1) is 8.66. The van der Waals surface area contributed by atoms with Crippen molar-refractivity contribution >= 4 is 17.4 Å². The second-order valence-corrected chi connectivity index (χ2v) is 4.86. The molecule has 5 nitrogen and oxygen atoms in total. The second kappa shape index (κ2) is 5.61. The molecule has 2 aromatic heterocycles. The zero-order chi connectivity index (χ0) is 13.0. The van der Waals surface area contributed by atoms with Crippen LogP contribution < -0.4 is 5.73 Å². The van der Waals surface area contributed by atoms with Crippen LogP contribution in [0.1, 0.15) is 4.88 Å². The normalized spacial score (nSPS) is 10.3. The number of hydroxylamine groups is 2. The number of hydrogen-bond donors (Lipinski definition) is 2. The number of primary amides is 1. The summed E-state index contributed by atoms with van der Waals surface area (Å²) >= 11 is 1.59. The van der Waals surface area contributed by atoms with Crippen molar-refractivity contribution in [2.45, 2.75) is 6.42 Å². The fourth-order valence-corrected chi connectivity index (χ4v) is 2.46. The van der Waals surface area contributed by atoms with Gasteiger partial charge in [-0.3, -0.25) is 10.2 Å². The average Bonchev–Trinajstić information content (AvgIpc) is 2.85. The Morgan fingerprint density at radius 2 is 2.22 bits per heavy atom. The van der Waals surface area contributed by atoms with Crippen molar-refractivity contribution in [3.8, 4) is 10.6 Å². The summed E-state index contributed by atoms with van der Waals surface area (Å²) in [7, 11) is 0. The van der Waals surface area contributed by atoms with E-state index in [4.69, 9.17) is 10.9 Å². The quantitative estimate of drug-likeness (QED) is 0.655. The van der Waals surface area contributed by atoms with Crippen molar-refractivity contribution < 1.29 is 10.0 Å². The van der Waals surface area contributed by atoms with Gasteiger partial charge in [-0.1, -0.05) is 6.07 Å². The van der Waals surface area contributed by atoms with Crippen molar-refractivity contribution in [2.75, 3.05) is 6.54 Å². The summed E-state index contributed by atoms with van der Waals surface area (Å²) in [6, 6.07) is 8.85. The van der Waals surface area contributed by atoms with Gasteiger partial charge in [0.05, 0.1) is 17.1 Å². The van der Waals surface area contributed by atoms with Crippen LogP contribution in [0.4, 0.5) is 4.79 Å². The molecule has 0 fully saturated rings. The smallest absolute Gasteiger partial charge is 0.338 e. The molecule has 0 spiro atoms. The van der Waals surface area contributed by atoms with Gasteiger partial charge >= 0.3 is 6.03 Å². The van der Waals surface area contributed by atoms with Gasteiger partial charge in [0.2, 0.25) is 0 Å². The predicted molar refractivity (Wildman–Crippen MR) is 69.3 cm³/mol. The van der Waals surface area contributed by atoms with E-state index < -0.39 is 6.03 Å². The Labute approximate surface area is 108 Å². The molecule has 6 heteroatoms. The molecule has 0 aliphatic carbocycles. The van der Waals surface area contributed by atoms with Crippen molar-refractivity contribution in [1.29, 1.82) is 0 Å². The van der Waals surface area contributed by atoms with E-state index in [2.05, 4.69) is 4.98 Å². The number of hydrogen-bond acceptors (Lipinski definition) is 4. The van der Waals surface area contributed by atoms with Gasteiger partial charge in [0.15, 0.2) is 0 Å². The minimum Gasteiger partial charge on any atom is -0.350 e. The molecule has 2 amide bonds. The maximum atomic E-state index is 10.6. The van der Waals surface area contributed by atoms with E-state index in [1.54, 1.807) is 17.5 Å². The standard InChI is InChI=1S/C12H13N3O2S/c13-12(16)15(17)8-6-9-4-5-11(18-9)10-3-1-2-7-14-10/h1-5,7,17H,6,8H2,(H2,13,16). The lowest BCUT2D eigenvalue weighted by Crippen LogP contribution is -2.34. The van der Waals surface area contributed by atoms with Gasteiger partial charge in [0.1, 0.15) is 0 Å². The third-order valence-electron chi connectivity index (χ3n) is 2.40. The highest BCUT2D eigenvalue weighted by Gasteiger charge is 2.08. The zero-order valence-electron chi connectivity index (χ0n) is 9.61. The monoisotopic (exact) mass is 263 g/mol. The number of aromatic nitrogens is 1. The number of nitrogens with zero attached hydrogens (tertiary/aromatic N) is 2. The van der Waals surface area contributed by atoms with Gasteiger partial charge in [-0.2, -0.15) is 0 Å². The van der Waals surface area contributed by atoms with E-state index in [0.29, 0.717) is 11.5 Å². The Bertz CT molecular complexity index is 527. The Balaban J connectivity index is 2.01. The molecule has 0 saturated heterocycles. The van der Waals surface area contributed by atoms with Crippen LogP contribution in [-0.2, 0) is 6.42 Å². The second-order valence-electron chi connectivity index (χ2n) is 3.69. The Morgan fingerprint density at radius 1 is 1.39 bits per heavy atom. The predicted octanol–water partition coefficient (Wildman–Crippen LogP) is 2.12. The molecule has 2 aromatic rings. The fourth-order valence-electron chi connectivity index (χ4n) is 1.48. The van der Waals surface area contributed by atoms with Crippen LogP contribution in [0.5, 0.6) is 0 Å². The summed E-state index contributed by atoms with van der Waals surface area (Å²) in [5.74, 6) is 0. The largest absolute Gasteiger partial charge is 0.350 e. The van der Waals surface area contributed by atoms with E-state index >= 15 is 0 Å². The third-order valence-corrected chi connectivity index (χ3v) is 3.57. The number of carbonyl (C=O) groups excluding carboxylic acids is 1. The summed E-state index contributed by atoms with van der Waals surface area (Å²) in [5.41, 5.74) is 5.85. The van der Waals surface area contributed by atoms with Gasteiger partial charge in [0.25, 0.3) is 0 Å². The number of thiophene rings is 1. The molecular weight excluding hydrogens is 250 g/mol. The maximum absolute atomic E-state index is 10.6. The molecule has 2 heterocycles. The molecule has 3 N–H and O–H groups in total. The molecule has 0 saturated carbocycles. The first-order valence-corrected chi connectivity index (χ1v) is 6.24. The van der Waals surface area contributed by atoms with E-state index in [-0.39, 0.29) is 6.54 Å². The van der Waals surface area contributed by atoms with Crippen LogP contribution in [0.25, 0.3) is 10.6 Å². The first kappa shape index (κ1) is 12.5. The number of pyridine rings is 1. The number of rotatable bonds is 4. The topological polar surface area (TPSA) is 79.5 Å². The van der Waals surface area contributed by atoms with Gasteiger partial charge in [-0.25, -0.2) is 9.86 Å². The summed E-state index contributed by atoms with van der Waals surface area (Å²) in [4.78, 5) is 17.0. The van der Waals surface area contributed by atoms with Crippen LogP contribution in [-0.4, -0.2) is 27.8 Å². The molecule has 0 aliphatic rings. The molecular formula is C12H13N3O2S. The van der Waals surface area contributed by atoms with Crippen LogP contribution in [0, 0.1) is 0 Å². The maximum Gasteiger partial charge on any atom is 0.338 e. The lowest BCUT2D eigenvalue weighted by Gasteiger charge is -2.10. The molecule has 2 rings (SSSR count). The van der Waals surface area contributed by atoms with Crippen molar-refractivity contribution in [1.82, 2.24) is 10.0 Å². The fraction of sp³-hybridized carbons (Fsp3) is 0.167. The number of urea groups is 1. The van der Waals surface area contributed by atoms with E-state index in [1.807, 2.05) is 30.3 Å². The van der Waals surface area contributed by atoms with Gasteiger partial charge < -0.3 is 5.73 Å². The van der Waals surface area contributed by atoms with E-state index in [0.717, 1.165) is 15.4 Å². The third kappa shape index (κ3) is 3.06. The minimum atomic E-state index is -0.837. The van der Waals surface area contributed by atoms with Gasteiger partial charge in [0, 0.05) is 17.5 Å². The lowest BCUT2D eigenvalue weighted by molar-refractivity contribution is -0.0380. The van der Waals surface area contributed by atoms with Gasteiger partial charge in [-0.05, 0) is 24.3 Å². The first-order valence-electron chi connectivity index (χ1n) is 5.43. The highest BCUT2D eigenvalue weighted by atomic mass is 32.1. The molecule has 18 heavy (non-hydrogen) atoms. The van der Waals surface area contributed by atoms with Crippen LogP contribution in [0.3, 0.4) is 0 Å². The molecule has 0 aliphatic heterocycles. The molecule has 94 valence electrons. The summed E-state index contributed by atoms with van der Waals surface area (Å²) < 4.78 is 0. The Kier molecular flexibility index (Phi) is 3.91. The Hall–Kier alpha value is -1.92. The zero-order valence-corrected chi connectivity index (χ0v) is 10.4. The lowest BCUT2D eigenvalue weighted by atomic mass is 10.3. The number of nitrogens with two attached hydrogens (primary N) is 1. The summed E-state index contributed by atoms with van der Waals surface area (Å²) in [6.07, 6.45) is 2.31. The van der Waals surface area contributed by atoms with Crippen LogP contribution in [0.2, 0.25) is 0 Å². The van der Waals surface area contributed by atoms with Crippen molar-refractivity contribution in [3.63, 3.8) is 0 Å². The SMILES string of the molecule is NC(=O)N(O)CCc1ccc(-c2ccccn2)s1. The summed E-state index contributed by atoms with van der Waals surface area (Å²) in [5, 5.41) is 9.68. The van der Waals surface area contributed by atoms with Crippen LogP contribution in [0.15, 0.2) is 36.5 Å². The van der Waals surface area contributed by atoms with E-state index in [9.17, 15) is 4.79 Å². The minimum absolute atomic E-state index is 0.192. The highest BCUT2D eigenvalue weighted by molar-refractivity contribution is 7.15. The number of carbonyl (C=O) groups is 1. The average molecular weight is 263 g/mol. The number of amides is 2. The summed E-state index contributed by atoms with van der Waals surface area (Å²) in [6.45, 7) is 0.192. The van der Waals surface area contributed by atoms with E-state index in [1.165, 1.54) is 0 Å². The molecule has 0 radical (unpaired) electrons. The van der Waals surface area contributed by atoms with Crippen LogP contribution >= 0.6 is 11.3 Å². The molecule has 0 aromatic carbocycles. The highest BCUT2D eigenvalue weighted by Crippen LogP contribution is 2.26. The van der Waals surface area contributed by atoms with Crippen molar-refractivity contribution in [2.24, 2.45) is 5.73 Å². The molecule has 0 unspecified atom stereocenters. The Morgan fingerprint density at radius 3 is 2.89 bits per heavy atom. The van der Waals surface area contributed by atoms with Gasteiger partial charge in [-0.15, -0.1) is 11.3 Å². The van der Waals surface area contributed by atoms with Crippen molar-refractivity contribution in [3.05, 3.63) is 41.4 Å².